The van der Waals surface area contributed by atoms with E-state index in [1.54, 1.807) is 0 Å². The van der Waals surface area contributed by atoms with E-state index in [1.165, 1.54) is 11.3 Å². The molecule has 0 bridgehead atoms. The summed E-state index contributed by atoms with van der Waals surface area (Å²) in [6, 6.07) is 6.10. The average molecular weight is 273 g/mol. The molecule has 1 heterocycles. The van der Waals surface area contributed by atoms with Crippen LogP contribution in [-0.2, 0) is 0 Å². The van der Waals surface area contributed by atoms with E-state index in [9.17, 15) is 9.90 Å². The van der Waals surface area contributed by atoms with Gasteiger partial charge in [0.2, 0.25) is 0 Å². The van der Waals surface area contributed by atoms with Gasteiger partial charge < -0.3 is 5.11 Å². The van der Waals surface area contributed by atoms with Crippen LogP contribution in [0.4, 0.5) is 0 Å². The highest BCUT2D eigenvalue weighted by Crippen LogP contribution is 2.44. The molecule has 1 saturated carbocycles. The van der Waals surface area contributed by atoms with Gasteiger partial charge in [-0.25, -0.2) is 9.78 Å². The van der Waals surface area contributed by atoms with Crippen molar-refractivity contribution in [3.05, 3.63) is 39.9 Å². The van der Waals surface area contributed by atoms with Crippen molar-refractivity contribution in [1.82, 2.24) is 4.98 Å². The summed E-state index contributed by atoms with van der Waals surface area (Å²) in [4.78, 5) is 16.4. The molecular formula is C15H15NO2S. The zero-order valence-corrected chi connectivity index (χ0v) is 11.8. The molecule has 0 saturated heterocycles. The van der Waals surface area contributed by atoms with E-state index >= 15 is 0 Å². The number of nitrogens with zero attached hydrogens (tertiary/aromatic N) is 1. The SMILES string of the molecule is Cc1cccc(C)c1-c1nc(C2CC2)c(C(=O)O)s1. The number of aromatic carboxylic acids is 1. The van der Waals surface area contributed by atoms with Gasteiger partial charge in [0.1, 0.15) is 9.88 Å². The summed E-state index contributed by atoms with van der Waals surface area (Å²) in [5.41, 5.74) is 4.16. The van der Waals surface area contributed by atoms with Crippen molar-refractivity contribution in [3.63, 3.8) is 0 Å². The van der Waals surface area contributed by atoms with E-state index in [1.807, 2.05) is 32.0 Å². The van der Waals surface area contributed by atoms with Gasteiger partial charge in [0.15, 0.2) is 0 Å². The summed E-state index contributed by atoms with van der Waals surface area (Å²) >= 11 is 1.31. The first-order valence-corrected chi connectivity index (χ1v) is 7.20. The molecule has 4 heteroatoms. The monoisotopic (exact) mass is 273 g/mol. The van der Waals surface area contributed by atoms with Crippen molar-refractivity contribution < 1.29 is 9.90 Å². The molecule has 0 spiro atoms. The third-order valence-corrected chi connectivity index (χ3v) is 4.58. The lowest BCUT2D eigenvalue weighted by atomic mass is 10.0. The molecule has 0 radical (unpaired) electrons. The number of carboxylic acid groups (broad SMARTS) is 1. The van der Waals surface area contributed by atoms with Crippen LogP contribution < -0.4 is 0 Å². The van der Waals surface area contributed by atoms with Gasteiger partial charge >= 0.3 is 5.97 Å². The molecule has 0 unspecified atom stereocenters. The minimum absolute atomic E-state index is 0.362. The van der Waals surface area contributed by atoms with Crippen LogP contribution in [0.5, 0.6) is 0 Å². The second-order valence-electron chi connectivity index (χ2n) is 5.08. The van der Waals surface area contributed by atoms with Crippen molar-refractivity contribution in [2.24, 2.45) is 0 Å². The Morgan fingerprint density at radius 3 is 2.47 bits per heavy atom. The fourth-order valence-corrected chi connectivity index (χ4v) is 3.54. The van der Waals surface area contributed by atoms with E-state index in [0.29, 0.717) is 10.8 Å². The Morgan fingerprint density at radius 2 is 1.95 bits per heavy atom. The number of benzene rings is 1. The van der Waals surface area contributed by atoms with Gasteiger partial charge in [0.25, 0.3) is 0 Å². The molecule has 19 heavy (non-hydrogen) atoms. The number of rotatable bonds is 3. The summed E-state index contributed by atoms with van der Waals surface area (Å²) in [5.74, 6) is -0.489. The number of carbonyl (C=O) groups is 1. The Hall–Kier alpha value is -1.68. The highest BCUT2D eigenvalue weighted by Gasteiger charge is 2.32. The molecule has 3 nitrogen and oxygen atoms in total. The minimum atomic E-state index is -0.850. The second kappa shape index (κ2) is 4.46. The standard InChI is InChI=1S/C15H15NO2S/c1-8-4-3-5-9(2)11(8)14-16-12(10-6-7-10)13(19-14)15(17)18/h3-5,10H,6-7H2,1-2H3,(H,17,18). The normalized spacial score (nSPS) is 14.6. The zero-order chi connectivity index (χ0) is 13.6. The van der Waals surface area contributed by atoms with E-state index in [-0.39, 0.29) is 0 Å². The maximum Gasteiger partial charge on any atom is 0.347 e. The van der Waals surface area contributed by atoms with E-state index in [4.69, 9.17) is 0 Å². The molecular weight excluding hydrogens is 258 g/mol. The third-order valence-electron chi connectivity index (χ3n) is 3.51. The third kappa shape index (κ3) is 2.16. The highest BCUT2D eigenvalue weighted by molar-refractivity contribution is 7.17. The van der Waals surface area contributed by atoms with Gasteiger partial charge in [-0.3, -0.25) is 0 Å². The summed E-state index contributed by atoms with van der Waals surface area (Å²) in [6.07, 6.45) is 2.13. The molecule has 0 amide bonds. The number of hydrogen-bond donors (Lipinski definition) is 1. The van der Waals surface area contributed by atoms with Crippen LogP contribution in [0.25, 0.3) is 10.6 Å². The topological polar surface area (TPSA) is 50.2 Å². The molecule has 1 aliphatic carbocycles. The highest BCUT2D eigenvalue weighted by atomic mass is 32.1. The summed E-state index contributed by atoms with van der Waals surface area (Å²) in [7, 11) is 0. The number of aromatic nitrogens is 1. The fraction of sp³-hybridized carbons (Fsp3) is 0.333. The average Bonchev–Trinajstić information content (AvgIpc) is 3.09. The Morgan fingerprint density at radius 1 is 1.32 bits per heavy atom. The molecule has 1 N–H and O–H groups in total. The van der Waals surface area contributed by atoms with Gasteiger partial charge in [0.05, 0.1) is 5.69 Å². The fourth-order valence-electron chi connectivity index (χ4n) is 2.38. The van der Waals surface area contributed by atoms with Crippen LogP contribution >= 0.6 is 11.3 Å². The van der Waals surface area contributed by atoms with Crippen molar-refractivity contribution >= 4 is 17.3 Å². The molecule has 98 valence electrons. The van der Waals surface area contributed by atoms with Gasteiger partial charge in [-0.1, -0.05) is 18.2 Å². The second-order valence-corrected chi connectivity index (χ2v) is 6.08. The summed E-state index contributed by atoms with van der Waals surface area (Å²) < 4.78 is 0. The smallest absolute Gasteiger partial charge is 0.347 e. The molecule has 1 aromatic heterocycles. The molecule has 2 aromatic rings. The number of aryl methyl sites for hydroxylation is 2. The predicted octanol–water partition coefficient (Wildman–Crippen LogP) is 4.00. The first-order valence-electron chi connectivity index (χ1n) is 6.38. The quantitative estimate of drug-likeness (QED) is 0.919. The number of carboxylic acids is 1. The Bertz CT molecular complexity index is 636. The molecule has 1 fully saturated rings. The van der Waals surface area contributed by atoms with Crippen LogP contribution in [0, 0.1) is 13.8 Å². The van der Waals surface area contributed by atoms with Crippen molar-refractivity contribution in [1.29, 1.82) is 0 Å². The molecule has 0 aliphatic heterocycles. The maximum atomic E-state index is 11.3. The van der Waals surface area contributed by atoms with Crippen LogP contribution in [-0.4, -0.2) is 16.1 Å². The number of thiazole rings is 1. The van der Waals surface area contributed by atoms with Gasteiger partial charge in [-0.05, 0) is 37.8 Å². The van der Waals surface area contributed by atoms with Gasteiger partial charge in [0, 0.05) is 11.5 Å². The van der Waals surface area contributed by atoms with E-state index < -0.39 is 5.97 Å². The van der Waals surface area contributed by atoms with Crippen molar-refractivity contribution in [2.45, 2.75) is 32.6 Å². The Balaban J connectivity index is 2.16. The lowest BCUT2D eigenvalue weighted by molar-refractivity contribution is 0.0700. The summed E-state index contributed by atoms with van der Waals surface area (Å²) in [5, 5.41) is 10.2. The van der Waals surface area contributed by atoms with Crippen LogP contribution in [0.2, 0.25) is 0 Å². The van der Waals surface area contributed by atoms with Crippen LogP contribution in [0.3, 0.4) is 0 Å². The van der Waals surface area contributed by atoms with Gasteiger partial charge in [-0.15, -0.1) is 11.3 Å². The molecule has 0 atom stereocenters. The number of hydrogen-bond acceptors (Lipinski definition) is 3. The van der Waals surface area contributed by atoms with E-state index in [2.05, 4.69) is 4.98 Å². The van der Waals surface area contributed by atoms with Crippen LogP contribution in [0.1, 0.15) is 45.3 Å². The molecule has 3 rings (SSSR count). The lowest BCUT2D eigenvalue weighted by Crippen LogP contribution is -1.97. The van der Waals surface area contributed by atoms with Crippen LogP contribution in [0.15, 0.2) is 18.2 Å². The Kier molecular flexibility index (Phi) is 2.90. The molecule has 1 aliphatic rings. The predicted molar refractivity (Wildman–Crippen MR) is 76.0 cm³/mol. The first-order chi connectivity index (χ1) is 9.08. The molecule has 1 aromatic carbocycles. The van der Waals surface area contributed by atoms with Crippen molar-refractivity contribution in [2.75, 3.05) is 0 Å². The maximum absolute atomic E-state index is 11.3. The van der Waals surface area contributed by atoms with Crippen molar-refractivity contribution in [3.8, 4) is 10.6 Å². The first kappa shape index (κ1) is 12.4. The lowest BCUT2D eigenvalue weighted by Gasteiger charge is -2.05. The van der Waals surface area contributed by atoms with E-state index in [0.717, 1.165) is 40.2 Å². The summed E-state index contributed by atoms with van der Waals surface area (Å²) in [6.45, 7) is 4.09. The largest absolute Gasteiger partial charge is 0.477 e. The van der Waals surface area contributed by atoms with Gasteiger partial charge in [-0.2, -0.15) is 0 Å². The Labute approximate surface area is 115 Å². The zero-order valence-electron chi connectivity index (χ0n) is 10.9. The minimum Gasteiger partial charge on any atom is -0.477 e.